The number of nitriles is 2. The highest BCUT2D eigenvalue weighted by Gasteiger charge is 2.29. The third-order valence-electron chi connectivity index (χ3n) is 6.83. The van der Waals surface area contributed by atoms with Gasteiger partial charge in [0.05, 0.1) is 23.6 Å². The Morgan fingerprint density at radius 1 is 1.24 bits per heavy atom. The molecule has 2 aromatic rings. The summed E-state index contributed by atoms with van der Waals surface area (Å²) in [6.07, 6.45) is 12.0. The zero-order valence-corrected chi connectivity index (χ0v) is 21.6. The largest absolute Gasteiger partial charge is 0.469 e. The zero-order chi connectivity index (χ0) is 26.4. The Morgan fingerprint density at radius 3 is 2.59 bits per heavy atom. The van der Waals surface area contributed by atoms with Crippen LogP contribution in [0.15, 0.2) is 45.2 Å². The van der Waals surface area contributed by atoms with Gasteiger partial charge in [0.1, 0.15) is 29.2 Å². The van der Waals surface area contributed by atoms with Gasteiger partial charge in [-0.3, -0.25) is 14.4 Å². The number of likely N-dealkylation sites (tertiary alicyclic amines) is 1. The summed E-state index contributed by atoms with van der Waals surface area (Å²) in [4.78, 5) is 15.6. The molecule has 1 saturated heterocycles. The molecule has 2 N–H and O–H groups in total. The second kappa shape index (κ2) is 11.7. The third kappa shape index (κ3) is 5.97. The molecule has 0 spiro atoms. The number of fused-ring (bicyclic) bond motifs is 1. The SMILES string of the molecule is CC=N/C(=C\C)C(CC1CC1)Oc1cc(/C(=N/N)C(C)=NC2CCN(C#N)CC2)cc2ncc(C#N)n12. The van der Waals surface area contributed by atoms with Crippen LogP contribution in [0.5, 0.6) is 5.88 Å². The first kappa shape index (κ1) is 25.9. The molecule has 2 fully saturated rings. The summed E-state index contributed by atoms with van der Waals surface area (Å²) in [5.74, 6) is 6.96. The van der Waals surface area contributed by atoms with E-state index in [4.69, 9.17) is 20.8 Å². The quantitative estimate of drug-likeness (QED) is 0.241. The van der Waals surface area contributed by atoms with Crippen LogP contribution in [0.2, 0.25) is 0 Å². The number of pyridine rings is 1. The van der Waals surface area contributed by atoms with E-state index in [1.54, 1.807) is 15.5 Å². The molecule has 1 saturated carbocycles. The van der Waals surface area contributed by atoms with Crippen molar-refractivity contribution in [3.63, 3.8) is 0 Å². The highest BCUT2D eigenvalue weighted by molar-refractivity contribution is 6.47. The number of hydrogen-bond acceptors (Lipinski definition) is 9. The number of hydrazone groups is 1. The van der Waals surface area contributed by atoms with E-state index >= 15 is 0 Å². The number of hydrogen-bond donors (Lipinski definition) is 1. The van der Waals surface area contributed by atoms with Crippen LogP contribution in [0.25, 0.3) is 5.65 Å². The van der Waals surface area contributed by atoms with Gasteiger partial charge in [-0.25, -0.2) is 4.98 Å². The number of aromatic nitrogens is 2. The summed E-state index contributed by atoms with van der Waals surface area (Å²) in [6, 6.07) is 5.99. The molecule has 37 heavy (non-hydrogen) atoms. The van der Waals surface area contributed by atoms with Crippen LogP contribution in [0.4, 0.5) is 0 Å². The molecular weight excluding hydrogens is 466 g/mol. The van der Waals surface area contributed by atoms with E-state index < -0.39 is 0 Å². The van der Waals surface area contributed by atoms with Crippen molar-refractivity contribution in [1.29, 1.82) is 10.5 Å². The molecule has 1 aliphatic carbocycles. The Bertz CT molecular complexity index is 1330. The zero-order valence-electron chi connectivity index (χ0n) is 21.6. The van der Waals surface area contributed by atoms with Crippen LogP contribution < -0.4 is 10.6 Å². The van der Waals surface area contributed by atoms with Gasteiger partial charge < -0.3 is 15.5 Å². The number of aliphatic imine (C=N–C) groups is 2. The Morgan fingerprint density at radius 2 is 2.00 bits per heavy atom. The fourth-order valence-electron chi connectivity index (χ4n) is 4.71. The van der Waals surface area contributed by atoms with E-state index in [1.165, 1.54) is 19.0 Å². The minimum Gasteiger partial charge on any atom is -0.469 e. The molecule has 192 valence electrons. The lowest BCUT2D eigenvalue weighted by molar-refractivity contribution is 0.206. The molecule has 10 nitrogen and oxygen atoms in total. The monoisotopic (exact) mass is 499 g/mol. The van der Waals surface area contributed by atoms with Gasteiger partial charge >= 0.3 is 0 Å². The Balaban J connectivity index is 1.71. The second-order valence-corrected chi connectivity index (χ2v) is 9.43. The van der Waals surface area contributed by atoms with Gasteiger partial charge in [-0.15, -0.1) is 0 Å². The number of rotatable bonds is 9. The van der Waals surface area contributed by atoms with Gasteiger partial charge in [0.2, 0.25) is 5.88 Å². The van der Waals surface area contributed by atoms with Crippen LogP contribution in [0.1, 0.15) is 64.1 Å². The van der Waals surface area contributed by atoms with Gasteiger partial charge in [-0.1, -0.05) is 18.9 Å². The van der Waals surface area contributed by atoms with Crippen LogP contribution in [0.3, 0.4) is 0 Å². The van der Waals surface area contributed by atoms with Gasteiger partial charge in [-0.05, 0) is 52.0 Å². The van der Waals surface area contributed by atoms with E-state index in [0.29, 0.717) is 53.2 Å². The molecule has 2 aliphatic rings. The molecular formula is C27H33N9O. The maximum absolute atomic E-state index is 9.72. The smallest absolute Gasteiger partial charge is 0.201 e. The first-order valence-electron chi connectivity index (χ1n) is 12.7. The topological polar surface area (TPSA) is 140 Å². The minimum atomic E-state index is -0.264. The molecule has 0 bridgehead atoms. The van der Waals surface area contributed by atoms with Gasteiger partial charge in [0, 0.05) is 30.9 Å². The van der Waals surface area contributed by atoms with Gasteiger partial charge in [0.25, 0.3) is 0 Å². The van der Waals surface area contributed by atoms with Crippen molar-refractivity contribution in [3.8, 4) is 18.1 Å². The van der Waals surface area contributed by atoms with Crippen LogP contribution in [-0.4, -0.2) is 57.2 Å². The lowest BCUT2D eigenvalue weighted by Crippen LogP contribution is -2.32. The van der Waals surface area contributed by atoms with Crippen molar-refractivity contribution >= 4 is 23.3 Å². The summed E-state index contributed by atoms with van der Waals surface area (Å²) in [7, 11) is 0. The Hall–Kier alpha value is -4.18. The summed E-state index contributed by atoms with van der Waals surface area (Å²) < 4.78 is 8.31. The normalized spacial score (nSPS) is 18.7. The fraction of sp³-hybridized carbons (Fsp3) is 0.481. The summed E-state index contributed by atoms with van der Waals surface area (Å²) in [5.41, 5.74) is 3.74. The van der Waals surface area contributed by atoms with E-state index in [1.807, 2.05) is 39.0 Å². The maximum Gasteiger partial charge on any atom is 0.201 e. The fourth-order valence-corrected chi connectivity index (χ4v) is 4.71. The predicted octanol–water partition coefficient (Wildman–Crippen LogP) is 3.82. The van der Waals surface area contributed by atoms with Gasteiger partial charge in [-0.2, -0.15) is 15.6 Å². The van der Waals surface area contributed by atoms with Crippen molar-refractivity contribution in [2.75, 3.05) is 13.1 Å². The number of imidazole rings is 1. The molecule has 0 amide bonds. The number of allylic oxidation sites excluding steroid dienone is 1. The number of piperidine rings is 1. The number of ether oxygens (including phenoxy) is 1. The molecule has 0 radical (unpaired) electrons. The molecule has 10 heteroatoms. The first-order valence-corrected chi connectivity index (χ1v) is 12.7. The van der Waals surface area contributed by atoms with Crippen molar-refractivity contribution in [2.24, 2.45) is 26.8 Å². The molecule has 4 rings (SSSR count). The second-order valence-electron chi connectivity index (χ2n) is 9.43. The average Bonchev–Trinajstić information content (AvgIpc) is 3.63. The lowest BCUT2D eigenvalue weighted by atomic mass is 10.0. The van der Waals surface area contributed by atoms with E-state index in [-0.39, 0.29) is 12.1 Å². The molecule has 0 aromatic carbocycles. The summed E-state index contributed by atoms with van der Waals surface area (Å²) in [5, 5.41) is 22.9. The van der Waals surface area contributed by atoms with E-state index in [0.717, 1.165) is 25.0 Å². The molecule has 2 aromatic heterocycles. The summed E-state index contributed by atoms with van der Waals surface area (Å²) >= 11 is 0. The van der Waals surface area contributed by atoms with Gasteiger partial charge in [0.15, 0.2) is 6.19 Å². The van der Waals surface area contributed by atoms with Crippen molar-refractivity contribution in [3.05, 3.63) is 41.4 Å². The number of nitrogens with two attached hydrogens (primary N) is 1. The molecule has 1 aliphatic heterocycles. The lowest BCUT2D eigenvalue weighted by Gasteiger charge is -2.26. The van der Waals surface area contributed by atoms with E-state index in [9.17, 15) is 5.26 Å². The van der Waals surface area contributed by atoms with Crippen molar-refractivity contribution in [1.82, 2.24) is 14.3 Å². The number of nitrogens with zero attached hydrogens (tertiary/aromatic N) is 8. The molecule has 1 unspecified atom stereocenters. The highest BCUT2D eigenvalue weighted by Crippen LogP contribution is 2.37. The van der Waals surface area contributed by atoms with Crippen LogP contribution >= 0.6 is 0 Å². The highest BCUT2D eigenvalue weighted by atomic mass is 16.5. The minimum absolute atomic E-state index is 0.101. The van der Waals surface area contributed by atoms with Crippen LogP contribution in [-0.2, 0) is 0 Å². The van der Waals surface area contributed by atoms with Crippen LogP contribution in [0, 0.1) is 28.7 Å². The molecule has 3 heterocycles. The molecule has 1 atom stereocenters. The van der Waals surface area contributed by atoms with Crippen molar-refractivity contribution < 1.29 is 4.74 Å². The standard InChI is InChI=1S/C27H33N9O/c1-4-23(31-5-2)24(12-19-6-7-19)37-26-14-20(13-25-32-16-22(15-28)36(25)26)27(34-30)18(3)33-21-8-10-35(17-29)11-9-21/h4-5,13-14,16,19,21,24H,6-12,30H2,1-3H3/b23-4-,31-5?,33-18?,34-27+. The van der Waals surface area contributed by atoms with E-state index in [2.05, 4.69) is 27.3 Å². The average molecular weight is 500 g/mol. The Kier molecular flexibility index (Phi) is 8.19. The van der Waals surface area contributed by atoms with Crippen molar-refractivity contribution in [2.45, 2.75) is 65.0 Å². The first-order chi connectivity index (χ1) is 18.0. The summed E-state index contributed by atoms with van der Waals surface area (Å²) in [6.45, 7) is 7.12. The maximum atomic E-state index is 9.72. The predicted molar refractivity (Wildman–Crippen MR) is 144 cm³/mol. The third-order valence-corrected chi connectivity index (χ3v) is 6.83. The Labute approximate surface area is 217 Å².